The molecule has 7 nitrogen and oxygen atoms in total. The predicted octanol–water partition coefficient (Wildman–Crippen LogP) is 2.80. The number of aryl methyl sites for hydroxylation is 2. The zero-order valence-corrected chi connectivity index (χ0v) is 15.8. The van der Waals surface area contributed by atoms with Crippen molar-refractivity contribution in [3.05, 3.63) is 53.1 Å². The van der Waals surface area contributed by atoms with Crippen LogP contribution in [-0.4, -0.2) is 32.2 Å². The van der Waals surface area contributed by atoms with Gasteiger partial charge in [-0.25, -0.2) is 5.43 Å². The smallest absolute Gasteiger partial charge is 0.249 e. The lowest BCUT2D eigenvalue weighted by Crippen LogP contribution is -2.24. The summed E-state index contributed by atoms with van der Waals surface area (Å²) in [5.41, 5.74) is 5.69. The zero-order valence-electron chi connectivity index (χ0n) is 15.8. The maximum Gasteiger partial charge on any atom is 0.249 e. The molecule has 0 aliphatic carbocycles. The number of carbonyl (C=O) groups is 2. The molecule has 2 rings (SSSR count). The van der Waals surface area contributed by atoms with Gasteiger partial charge in [0, 0.05) is 11.3 Å². The van der Waals surface area contributed by atoms with E-state index in [9.17, 15) is 9.59 Å². The SMILES string of the molecule is COc1ccc(OC)c(C=NNC(=O)CC(=O)Nc2ccc(C)cc2C)c1. The van der Waals surface area contributed by atoms with Crippen molar-refractivity contribution >= 4 is 23.7 Å². The van der Waals surface area contributed by atoms with Crippen molar-refractivity contribution in [3.63, 3.8) is 0 Å². The second-order valence-corrected chi connectivity index (χ2v) is 5.94. The molecule has 0 saturated carbocycles. The molecular formula is C20H23N3O4. The lowest BCUT2D eigenvalue weighted by atomic mass is 10.1. The number of rotatable bonds is 7. The first-order valence-corrected chi connectivity index (χ1v) is 8.34. The number of carbonyl (C=O) groups excluding carboxylic acids is 2. The number of anilines is 1. The van der Waals surface area contributed by atoms with Crippen LogP contribution in [0.4, 0.5) is 5.69 Å². The number of benzene rings is 2. The maximum atomic E-state index is 12.0. The summed E-state index contributed by atoms with van der Waals surface area (Å²) in [6, 6.07) is 10.9. The molecule has 2 aromatic rings. The largest absolute Gasteiger partial charge is 0.497 e. The molecule has 0 fully saturated rings. The van der Waals surface area contributed by atoms with Crippen LogP contribution in [0.25, 0.3) is 0 Å². The van der Waals surface area contributed by atoms with Crippen molar-refractivity contribution in [2.75, 3.05) is 19.5 Å². The molecule has 0 atom stereocenters. The molecule has 0 unspecified atom stereocenters. The van der Waals surface area contributed by atoms with Crippen LogP contribution in [0.15, 0.2) is 41.5 Å². The number of hydrogen-bond acceptors (Lipinski definition) is 5. The highest BCUT2D eigenvalue weighted by Gasteiger charge is 2.10. The molecule has 0 aromatic heterocycles. The molecule has 27 heavy (non-hydrogen) atoms. The predicted molar refractivity (Wildman–Crippen MR) is 104 cm³/mol. The van der Waals surface area contributed by atoms with Gasteiger partial charge in [-0.1, -0.05) is 17.7 Å². The fraction of sp³-hybridized carbons (Fsp3) is 0.250. The van der Waals surface area contributed by atoms with Crippen LogP contribution in [-0.2, 0) is 9.59 Å². The highest BCUT2D eigenvalue weighted by atomic mass is 16.5. The molecule has 2 aromatic carbocycles. The molecule has 0 heterocycles. The van der Waals surface area contributed by atoms with Crippen LogP contribution in [0.5, 0.6) is 11.5 Å². The van der Waals surface area contributed by atoms with E-state index in [2.05, 4.69) is 15.8 Å². The van der Waals surface area contributed by atoms with Crippen molar-refractivity contribution in [2.24, 2.45) is 5.10 Å². The van der Waals surface area contributed by atoms with E-state index in [1.54, 1.807) is 25.3 Å². The molecule has 7 heteroatoms. The third-order valence-electron chi connectivity index (χ3n) is 3.81. The van der Waals surface area contributed by atoms with Gasteiger partial charge in [0.05, 0.1) is 20.4 Å². The Kier molecular flexibility index (Phi) is 6.93. The van der Waals surface area contributed by atoms with Crippen molar-refractivity contribution < 1.29 is 19.1 Å². The second-order valence-electron chi connectivity index (χ2n) is 5.94. The Labute approximate surface area is 158 Å². The first-order chi connectivity index (χ1) is 12.9. The minimum absolute atomic E-state index is 0.333. The standard InChI is InChI=1S/C20H23N3O4/c1-13-5-7-17(14(2)9-13)22-19(24)11-20(25)23-21-12-15-10-16(26-3)6-8-18(15)27-4/h5-10,12H,11H2,1-4H3,(H,22,24)(H,23,25). The van der Waals surface area contributed by atoms with Crippen molar-refractivity contribution in [1.29, 1.82) is 0 Å². The van der Waals surface area contributed by atoms with Crippen molar-refractivity contribution in [2.45, 2.75) is 20.3 Å². The Balaban J connectivity index is 1.92. The number of hydrogen-bond donors (Lipinski definition) is 2. The summed E-state index contributed by atoms with van der Waals surface area (Å²) in [5, 5.41) is 6.60. The fourth-order valence-corrected chi connectivity index (χ4v) is 2.45. The summed E-state index contributed by atoms with van der Waals surface area (Å²) in [4.78, 5) is 23.9. The number of amides is 2. The third kappa shape index (κ3) is 5.85. The van der Waals surface area contributed by atoms with Crippen LogP contribution in [0.1, 0.15) is 23.1 Å². The van der Waals surface area contributed by atoms with E-state index in [-0.39, 0.29) is 6.42 Å². The Hall–Kier alpha value is -3.35. The number of nitrogens with one attached hydrogen (secondary N) is 2. The van der Waals surface area contributed by atoms with E-state index < -0.39 is 11.8 Å². The van der Waals surface area contributed by atoms with Gasteiger partial charge in [0.25, 0.3) is 0 Å². The highest BCUT2D eigenvalue weighted by molar-refractivity contribution is 6.04. The summed E-state index contributed by atoms with van der Waals surface area (Å²) in [6.45, 7) is 3.87. The minimum atomic E-state index is -0.518. The number of nitrogens with zero attached hydrogens (tertiary/aromatic N) is 1. The van der Waals surface area contributed by atoms with Crippen LogP contribution >= 0.6 is 0 Å². The molecule has 0 bridgehead atoms. The first kappa shape index (κ1) is 20.0. The van der Waals surface area contributed by atoms with Gasteiger partial charge in [-0.3, -0.25) is 9.59 Å². The third-order valence-corrected chi connectivity index (χ3v) is 3.81. The van der Waals surface area contributed by atoms with Gasteiger partial charge in [0.15, 0.2) is 0 Å². The molecule has 142 valence electrons. The summed E-state index contributed by atoms with van der Waals surface area (Å²) < 4.78 is 10.4. The zero-order chi connectivity index (χ0) is 19.8. The normalized spacial score (nSPS) is 10.5. The van der Waals surface area contributed by atoms with Gasteiger partial charge >= 0.3 is 0 Å². The molecule has 0 aliphatic rings. The lowest BCUT2D eigenvalue weighted by molar-refractivity contribution is -0.126. The molecule has 0 radical (unpaired) electrons. The van der Waals surface area contributed by atoms with Gasteiger partial charge < -0.3 is 14.8 Å². The van der Waals surface area contributed by atoms with Gasteiger partial charge in [0.1, 0.15) is 17.9 Å². The van der Waals surface area contributed by atoms with E-state index in [0.29, 0.717) is 22.7 Å². The molecular weight excluding hydrogens is 346 g/mol. The molecule has 2 N–H and O–H groups in total. The van der Waals surface area contributed by atoms with Crippen LogP contribution in [0, 0.1) is 13.8 Å². The Morgan fingerprint density at radius 3 is 2.48 bits per heavy atom. The molecule has 0 saturated heterocycles. The Morgan fingerprint density at radius 1 is 1.04 bits per heavy atom. The molecule has 2 amide bonds. The van der Waals surface area contributed by atoms with Crippen molar-refractivity contribution in [1.82, 2.24) is 5.43 Å². The highest BCUT2D eigenvalue weighted by Crippen LogP contribution is 2.22. The van der Waals surface area contributed by atoms with Gasteiger partial charge in [-0.05, 0) is 43.7 Å². The molecule has 0 aliphatic heterocycles. The Morgan fingerprint density at radius 2 is 1.81 bits per heavy atom. The van der Waals surface area contributed by atoms with Gasteiger partial charge in [-0.2, -0.15) is 5.10 Å². The average Bonchev–Trinajstić information content (AvgIpc) is 2.63. The second kappa shape index (κ2) is 9.38. The molecule has 0 spiro atoms. The summed E-state index contributed by atoms with van der Waals surface area (Å²) in [6.07, 6.45) is 1.10. The van der Waals surface area contributed by atoms with Crippen LogP contribution in [0.3, 0.4) is 0 Å². The monoisotopic (exact) mass is 369 g/mol. The van der Waals surface area contributed by atoms with E-state index in [0.717, 1.165) is 11.1 Å². The maximum absolute atomic E-state index is 12.0. The summed E-state index contributed by atoms with van der Waals surface area (Å²) in [5.74, 6) is 0.293. The topological polar surface area (TPSA) is 89.0 Å². The lowest BCUT2D eigenvalue weighted by Gasteiger charge is -2.09. The fourth-order valence-electron chi connectivity index (χ4n) is 2.45. The van der Waals surface area contributed by atoms with E-state index in [1.807, 2.05) is 32.0 Å². The van der Waals surface area contributed by atoms with Crippen LogP contribution in [0.2, 0.25) is 0 Å². The van der Waals surface area contributed by atoms with Gasteiger partial charge in [0.2, 0.25) is 11.8 Å². The quantitative estimate of drug-likeness (QED) is 0.446. The van der Waals surface area contributed by atoms with E-state index >= 15 is 0 Å². The average molecular weight is 369 g/mol. The van der Waals surface area contributed by atoms with Crippen molar-refractivity contribution in [3.8, 4) is 11.5 Å². The number of hydrazone groups is 1. The summed E-state index contributed by atoms with van der Waals surface area (Å²) in [7, 11) is 3.09. The first-order valence-electron chi connectivity index (χ1n) is 8.34. The summed E-state index contributed by atoms with van der Waals surface area (Å²) >= 11 is 0. The Bertz CT molecular complexity index is 862. The number of methoxy groups -OCH3 is 2. The number of ether oxygens (including phenoxy) is 2. The van der Waals surface area contributed by atoms with E-state index in [1.165, 1.54) is 13.3 Å². The van der Waals surface area contributed by atoms with E-state index in [4.69, 9.17) is 9.47 Å². The van der Waals surface area contributed by atoms with Gasteiger partial charge in [-0.15, -0.1) is 0 Å². The van der Waals surface area contributed by atoms with Crippen LogP contribution < -0.4 is 20.2 Å². The minimum Gasteiger partial charge on any atom is -0.497 e.